The highest BCUT2D eigenvalue weighted by molar-refractivity contribution is 5.78. The standard InChI is InChI=1S/C18H30O4/c1-2-3-8-11-16(19)14-15-17(20)12-9-6-4-5-7-10-13-18(21)22/h3-4,6,8,16,19H,2,5,7,9-15H2,1H3,(H,21,22)/b6-4-,8-3-. The fourth-order valence-electron chi connectivity index (χ4n) is 2.01. The number of rotatable bonds is 14. The van der Waals surface area contributed by atoms with E-state index in [0.717, 1.165) is 25.7 Å². The van der Waals surface area contributed by atoms with Gasteiger partial charge in [0.25, 0.3) is 0 Å². The number of hydrogen-bond acceptors (Lipinski definition) is 3. The second kappa shape index (κ2) is 14.5. The van der Waals surface area contributed by atoms with Crippen molar-refractivity contribution < 1.29 is 19.8 Å². The predicted molar refractivity (Wildman–Crippen MR) is 88.8 cm³/mol. The maximum atomic E-state index is 11.7. The number of aliphatic hydroxyl groups is 1. The Kier molecular flexibility index (Phi) is 13.6. The van der Waals surface area contributed by atoms with Crippen LogP contribution >= 0.6 is 0 Å². The Bertz CT molecular complexity index is 358. The van der Waals surface area contributed by atoms with Crippen molar-refractivity contribution in [2.75, 3.05) is 0 Å². The highest BCUT2D eigenvalue weighted by atomic mass is 16.4. The quantitative estimate of drug-likeness (QED) is 0.375. The van der Waals surface area contributed by atoms with Crippen molar-refractivity contribution in [3.05, 3.63) is 24.3 Å². The molecule has 1 atom stereocenters. The second-order valence-corrected chi connectivity index (χ2v) is 5.50. The van der Waals surface area contributed by atoms with Crippen molar-refractivity contribution >= 4 is 11.8 Å². The third-order valence-corrected chi connectivity index (χ3v) is 3.33. The number of aliphatic hydroxyl groups excluding tert-OH is 1. The van der Waals surface area contributed by atoms with Crippen molar-refractivity contribution in [3.63, 3.8) is 0 Å². The van der Waals surface area contributed by atoms with E-state index in [4.69, 9.17) is 5.11 Å². The molecule has 0 heterocycles. The number of aliphatic carboxylic acids is 1. The van der Waals surface area contributed by atoms with Crippen molar-refractivity contribution in [2.45, 2.75) is 77.2 Å². The largest absolute Gasteiger partial charge is 0.481 e. The van der Waals surface area contributed by atoms with Gasteiger partial charge in [-0.3, -0.25) is 9.59 Å². The summed E-state index contributed by atoms with van der Waals surface area (Å²) in [5.74, 6) is -0.559. The van der Waals surface area contributed by atoms with Gasteiger partial charge in [0.2, 0.25) is 0 Å². The van der Waals surface area contributed by atoms with E-state index in [0.29, 0.717) is 32.1 Å². The molecule has 0 amide bonds. The number of carboxylic acid groups (broad SMARTS) is 1. The summed E-state index contributed by atoms with van der Waals surface area (Å²) in [6.45, 7) is 2.05. The first-order valence-electron chi connectivity index (χ1n) is 8.27. The van der Waals surface area contributed by atoms with Gasteiger partial charge in [-0.2, -0.15) is 0 Å². The molecule has 0 aliphatic heterocycles. The Morgan fingerprint density at radius 2 is 1.68 bits per heavy atom. The molecular weight excluding hydrogens is 280 g/mol. The van der Waals surface area contributed by atoms with Crippen LogP contribution in [-0.2, 0) is 9.59 Å². The third kappa shape index (κ3) is 15.0. The van der Waals surface area contributed by atoms with Crippen LogP contribution in [0.3, 0.4) is 0 Å². The number of ketones is 1. The summed E-state index contributed by atoms with van der Waals surface area (Å²) in [6.07, 6.45) is 14.0. The molecule has 126 valence electrons. The Morgan fingerprint density at radius 3 is 2.36 bits per heavy atom. The van der Waals surface area contributed by atoms with E-state index in [1.807, 2.05) is 31.2 Å². The first-order chi connectivity index (χ1) is 10.6. The van der Waals surface area contributed by atoms with E-state index in [-0.39, 0.29) is 12.2 Å². The van der Waals surface area contributed by atoms with Crippen LogP contribution in [0.15, 0.2) is 24.3 Å². The fraction of sp³-hybridized carbons (Fsp3) is 0.667. The highest BCUT2D eigenvalue weighted by Crippen LogP contribution is 2.07. The molecule has 0 rings (SSSR count). The molecule has 22 heavy (non-hydrogen) atoms. The maximum absolute atomic E-state index is 11.7. The molecule has 0 aromatic heterocycles. The van der Waals surface area contributed by atoms with Crippen LogP contribution in [0.1, 0.15) is 71.1 Å². The Morgan fingerprint density at radius 1 is 0.955 bits per heavy atom. The van der Waals surface area contributed by atoms with E-state index >= 15 is 0 Å². The summed E-state index contributed by atoms with van der Waals surface area (Å²) in [5.41, 5.74) is 0. The summed E-state index contributed by atoms with van der Waals surface area (Å²) in [7, 11) is 0. The SMILES string of the molecule is CC/C=C\CC(O)CCC(=O)CC/C=C\CCCCC(=O)O. The zero-order valence-electron chi connectivity index (χ0n) is 13.7. The number of carbonyl (C=O) groups excluding carboxylic acids is 1. The van der Waals surface area contributed by atoms with Gasteiger partial charge >= 0.3 is 5.97 Å². The summed E-state index contributed by atoms with van der Waals surface area (Å²) in [6, 6.07) is 0. The summed E-state index contributed by atoms with van der Waals surface area (Å²) >= 11 is 0. The minimum Gasteiger partial charge on any atom is -0.481 e. The number of unbranched alkanes of at least 4 members (excludes halogenated alkanes) is 2. The minimum absolute atomic E-state index is 0.189. The third-order valence-electron chi connectivity index (χ3n) is 3.33. The molecule has 0 aromatic rings. The van der Waals surface area contributed by atoms with E-state index in [1.165, 1.54) is 0 Å². The number of allylic oxidation sites excluding steroid dienone is 3. The van der Waals surface area contributed by atoms with Gasteiger partial charge in [-0.05, 0) is 44.9 Å². The van der Waals surface area contributed by atoms with E-state index < -0.39 is 12.1 Å². The Labute approximate surface area is 133 Å². The lowest BCUT2D eigenvalue weighted by atomic mass is 10.0. The van der Waals surface area contributed by atoms with Crippen LogP contribution in [0.25, 0.3) is 0 Å². The molecule has 0 saturated heterocycles. The molecule has 0 radical (unpaired) electrons. The van der Waals surface area contributed by atoms with Crippen molar-refractivity contribution in [1.29, 1.82) is 0 Å². The molecule has 0 bridgehead atoms. The topological polar surface area (TPSA) is 74.6 Å². The van der Waals surface area contributed by atoms with Crippen LogP contribution in [0.4, 0.5) is 0 Å². The molecule has 0 fully saturated rings. The van der Waals surface area contributed by atoms with Gasteiger partial charge in [0.15, 0.2) is 0 Å². The molecule has 2 N–H and O–H groups in total. The van der Waals surface area contributed by atoms with Gasteiger partial charge in [0.1, 0.15) is 5.78 Å². The minimum atomic E-state index is -0.748. The number of Topliss-reactive ketones (excluding diaryl/α,β-unsaturated/α-hetero) is 1. The molecule has 1 unspecified atom stereocenters. The summed E-state index contributed by atoms with van der Waals surface area (Å²) in [5, 5.41) is 18.2. The van der Waals surface area contributed by atoms with E-state index in [2.05, 4.69) is 0 Å². The predicted octanol–water partition coefficient (Wildman–Crippen LogP) is 4.03. The molecule has 4 nitrogen and oxygen atoms in total. The zero-order valence-corrected chi connectivity index (χ0v) is 13.7. The lowest BCUT2D eigenvalue weighted by molar-refractivity contribution is -0.137. The number of carbonyl (C=O) groups is 2. The van der Waals surface area contributed by atoms with Crippen molar-refractivity contribution in [1.82, 2.24) is 0 Å². The maximum Gasteiger partial charge on any atom is 0.303 e. The van der Waals surface area contributed by atoms with Crippen molar-refractivity contribution in [2.24, 2.45) is 0 Å². The van der Waals surface area contributed by atoms with E-state index in [1.54, 1.807) is 0 Å². The monoisotopic (exact) mass is 310 g/mol. The van der Waals surface area contributed by atoms with Crippen molar-refractivity contribution in [3.8, 4) is 0 Å². The summed E-state index contributed by atoms with van der Waals surface area (Å²) < 4.78 is 0. The number of carboxylic acids is 1. The first-order valence-corrected chi connectivity index (χ1v) is 8.27. The van der Waals surface area contributed by atoms with E-state index in [9.17, 15) is 14.7 Å². The van der Waals surface area contributed by atoms with Crippen LogP contribution in [0.5, 0.6) is 0 Å². The second-order valence-electron chi connectivity index (χ2n) is 5.50. The lowest BCUT2D eigenvalue weighted by Gasteiger charge is -2.06. The molecule has 0 aliphatic rings. The summed E-state index contributed by atoms with van der Waals surface area (Å²) in [4.78, 5) is 22.0. The zero-order chi connectivity index (χ0) is 16.6. The van der Waals surface area contributed by atoms with Gasteiger partial charge in [0, 0.05) is 19.3 Å². The fourth-order valence-corrected chi connectivity index (χ4v) is 2.01. The van der Waals surface area contributed by atoms with Gasteiger partial charge in [0.05, 0.1) is 6.10 Å². The molecule has 0 saturated carbocycles. The average molecular weight is 310 g/mol. The van der Waals surface area contributed by atoms with Crippen LogP contribution < -0.4 is 0 Å². The van der Waals surface area contributed by atoms with Crippen LogP contribution in [0.2, 0.25) is 0 Å². The molecular formula is C18H30O4. The molecule has 0 aromatic carbocycles. The van der Waals surface area contributed by atoms with Gasteiger partial charge in [-0.1, -0.05) is 31.2 Å². The lowest BCUT2D eigenvalue weighted by Crippen LogP contribution is -2.08. The normalized spacial score (nSPS) is 13.0. The molecule has 0 spiro atoms. The van der Waals surface area contributed by atoms with Gasteiger partial charge in [-0.15, -0.1) is 0 Å². The number of hydrogen-bond donors (Lipinski definition) is 2. The highest BCUT2D eigenvalue weighted by Gasteiger charge is 2.06. The molecule has 0 aliphatic carbocycles. The van der Waals surface area contributed by atoms with Crippen LogP contribution in [-0.4, -0.2) is 28.1 Å². The van der Waals surface area contributed by atoms with Gasteiger partial charge < -0.3 is 10.2 Å². The molecule has 4 heteroatoms. The van der Waals surface area contributed by atoms with Crippen LogP contribution in [0, 0.1) is 0 Å². The van der Waals surface area contributed by atoms with Gasteiger partial charge in [-0.25, -0.2) is 0 Å². The Balaban J connectivity index is 3.52. The first kappa shape index (κ1) is 20.6. The average Bonchev–Trinajstić information content (AvgIpc) is 2.47. The Hall–Kier alpha value is -1.42. The smallest absolute Gasteiger partial charge is 0.303 e.